The molecule has 0 aliphatic rings. The molecule has 21 heavy (non-hydrogen) atoms. The fraction of sp³-hybridized carbons (Fsp3) is 0.688. The van der Waals surface area contributed by atoms with Crippen LogP contribution in [0.5, 0.6) is 5.88 Å². The van der Waals surface area contributed by atoms with E-state index in [0.29, 0.717) is 5.88 Å². The normalized spacial score (nSPS) is 13.2. The van der Waals surface area contributed by atoms with Gasteiger partial charge in [0.2, 0.25) is 0 Å². The number of nitrogens with zero attached hydrogens (tertiary/aromatic N) is 1. The number of ether oxygens (including phenoxy) is 1. The van der Waals surface area contributed by atoms with Gasteiger partial charge in [-0.15, -0.1) is 0 Å². The minimum Gasteiger partial charge on any atom is -0.531 e. The van der Waals surface area contributed by atoms with Crippen molar-refractivity contribution >= 4 is 14.4 Å². The number of aromatic nitrogens is 1. The molecule has 0 saturated carbocycles. The van der Waals surface area contributed by atoms with E-state index in [1.54, 1.807) is 6.20 Å². The van der Waals surface area contributed by atoms with E-state index in [1.165, 1.54) is 4.57 Å². The quantitative estimate of drug-likeness (QED) is 0.724. The lowest BCUT2D eigenvalue weighted by Gasteiger charge is -2.36. The Balaban J connectivity index is 3.08. The Labute approximate surface area is 129 Å². The van der Waals surface area contributed by atoms with E-state index in [0.717, 1.165) is 5.56 Å². The van der Waals surface area contributed by atoms with Crippen LogP contribution in [0.4, 0.5) is 4.79 Å². The first-order chi connectivity index (χ1) is 9.23. The molecule has 1 aromatic rings. The first-order valence-corrected chi connectivity index (χ1v) is 10.3. The molecule has 0 aliphatic carbocycles. The van der Waals surface area contributed by atoms with Crippen LogP contribution >= 0.6 is 0 Å². The maximum atomic E-state index is 12.3. The van der Waals surface area contributed by atoms with E-state index >= 15 is 0 Å². The van der Waals surface area contributed by atoms with Crippen LogP contribution in [0.3, 0.4) is 0 Å². The van der Waals surface area contributed by atoms with Crippen LogP contribution in [0.2, 0.25) is 18.1 Å². The fourth-order valence-corrected chi connectivity index (χ4v) is 2.50. The summed E-state index contributed by atoms with van der Waals surface area (Å²) in [5, 5.41) is 0.0733. The minimum absolute atomic E-state index is 0.0733. The third kappa shape index (κ3) is 4.63. The lowest BCUT2D eigenvalue weighted by Crippen LogP contribution is -2.44. The van der Waals surface area contributed by atoms with Crippen LogP contribution in [0.1, 0.15) is 47.1 Å². The molecule has 5 heteroatoms. The van der Waals surface area contributed by atoms with E-state index in [2.05, 4.69) is 33.9 Å². The van der Waals surface area contributed by atoms with Crippen LogP contribution in [-0.4, -0.2) is 24.6 Å². The van der Waals surface area contributed by atoms with Gasteiger partial charge in [-0.3, -0.25) is 0 Å². The summed E-state index contributed by atoms with van der Waals surface area (Å²) in [6.07, 6.45) is 1.36. The van der Waals surface area contributed by atoms with E-state index < -0.39 is 20.0 Å². The molecular weight excluding hydrogens is 282 g/mol. The zero-order valence-corrected chi connectivity index (χ0v) is 15.8. The summed E-state index contributed by atoms with van der Waals surface area (Å²) in [7, 11) is -2.00. The summed E-state index contributed by atoms with van der Waals surface area (Å²) >= 11 is 0. The van der Waals surface area contributed by atoms with Gasteiger partial charge in [0.05, 0.1) is 0 Å². The number of carbonyl (C=O) groups is 1. The number of rotatable bonds is 2. The second-order valence-electron chi connectivity index (χ2n) is 8.07. The van der Waals surface area contributed by atoms with Gasteiger partial charge in [0.1, 0.15) is 5.60 Å². The monoisotopic (exact) mass is 311 g/mol. The molecule has 1 rings (SSSR count). The molecular formula is C16H29NO3Si. The van der Waals surface area contributed by atoms with Crippen molar-refractivity contribution in [3.63, 3.8) is 0 Å². The van der Waals surface area contributed by atoms with Crippen LogP contribution < -0.4 is 4.43 Å². The summed E-state index contributed by atoms with van der Waals surface area (Å²) in [6, 6.07) is 1.89. The molecule has 1 aromatic heterocycles. The van der Waals surface area contributed by atoms with Crippen molar-refractivity contribution in [1.29, 1.82) is 0 Å². The largest absolute Gasteiger partial charge is 0.531 e. The SMILES string of the molecule is Cc1cc(O[Si](C)(C)C(C)(C)C)n(C(=O)OC(C)(C)C)c1. The average Bonchev–Trinajstić information content (AvgIpc) is 2.54. The number of hydrogen-bond acceptors (Lipinski definition) is 3. The molecule has 0 spiro atoms. The zero-order chi connectivity index (χ0) is 16.6. The van der Waals surface area contributed by atoms with Crippen LogP contribution in [0, 0.1) is 6.92 Å². The van der Waals surface area contributed by atoms with Gasteiger partial charge in [-0.2, -0.15) is 0 Å². The number of hydrogen-bond donors (Lipinski definition) is 0. The molecule has 1 heterocycles. The maximum absolute atomic E-state index is 12.3. The summed E-state index contributed by atoms with van der Waals surface area (Å²) < 4.78 is 13.2. The van der Waals surface area contributed by atoms with Crippen molar-refractivity contribution in [2.24, 2.45) is 0 Å². The highest BCUT2D eigenvalue weighted by Crippen LogP contribution is 2.37. The van der Waals surface area contributed by atoms with Crippen molar-refractivity contribution in [2.45, 2.75) is 72.2 Å². The third-order valence-electron chi connectivity index (χ3n) is 3.68. The maximum Gasteiger partial charge on any atom is 0.421 e. The highest BCUT2D eigenvalue weighted by atomic mass is 28.4. The number of aryl methyl sites for hydroxylation is 1. The highest BCUT2D eigenvalue weighted by Gasteiger charge is 2.40. The predicted molar refractivity (Wildman–Crippen MR) is 88.6 cm³/mol. The summed E-state index contributed by atoms with van der Waals surface area (Å²) in [5.41, 5.74) is 0.457. The Morgan fingerprint density at radius 3 is 2.10 bits per heavy atom. The lowest BCUT2D eigenvalue weighted by molar-refractivity contribution is 0.0529. The molecule has 0 aromatic carbocycles. The average molecular weight is 311 g/mol. The predicted octanol–water partition coefficient (Wildman–Crippen LogP) is 4.96. The molecule has 4 nitrogen and oxygen atoms in total. The molecule has 0 bridgehead atoms. The van der Waals surface area contributed by atoms with Gasteiger partial charge in [-0.25, -0.2) is 9.36 Å². The zero-order valence-electron chi connectivity index (χ0n) is 14.8. The van der Waals surface area contributed by atoms with Crippen LogP contribution in [0.15, 0.2) is 12.3 Å². The van der Waals surface area contributed by atoms with Gasteiger partial charge in [-0.05, 0) is 51.4 Å². The molecule has 0 saturated heterocycles. The Morgan fingerprint density at radius 2 is 1.67 bits per heavy atom. The Kier molecular flexibility index (Phi) is 4.68. The Bertz CT molecular complexity index is 519. The van der Waals surface area contributed by atoms with Gasteiger partial charge in [-0.1, -0.05) is 20.8 Å². The van der Waals surface area contributed by atoms with Gasteiger partial charge in [0, 0.05) is 12.3 Å². The van der Waals surface area contributed by atoms with Crippen LogP contribution in [-0.2, 0) is 4.74 Å². The molecule has 0 aliphatic heterocycles. The molecule has 0 unspecified atom stereocenters. The molecule has 0 fully saturated rings. The van der Waals surface area contributed by atoms with Gasteiger partial charge >= 0.3 is 6.09 Å². The van der Waals surface area contributed by atoms with E-state index in [-0.39, 0.29) is 5.04 Å². The first-order valence-electron chi connectivity index (χ1n) is 7.34. The summed E-state index contributed by atoms with van der Waals surface area (Å²) in [5.74, 6) is 0.577. The second kappa shape index (κ2) is 5.52. The smallest absolute Gasteiger partial charge is 0.421 e. The van der Waals surface area contributed by atoms with Crippen LogP contribution in [0.25, 0.3) is 0 Å². The summed E-state index contributed by atoms with van der Waals surface area (Å²) in [4.78, 5) is 12.3. The van der Waals surface area contributed by atoms with Crippen molar-refractivity contribution in [3.05, 3.63) is 17.8 Å². The van der Waals surface area contributed by atoms with E-state index in [4.69, 9.17) is 9.16 Å². The van der Waals surface area contributed by atoms with Crippen molar-refractivity contribution in [1.82, 2.24) is 4.57 Å². The van der Waals surface area contributed by atoms with E-state index in [1.807, 2.05) is 33.8 Å². The first kappa shape index (κ1) is 17.8. The fourth-order valence-electron chi connectivity index (χ4n) is 1.52. The van der Waals surface area contributed by atoms with Crippen molar-refractivity contribution in [2.75, 3.05) is 0 Å². The molecule has 0 atom stereocenters. The highest BCUT2D eigenvalue weighted by molar-refractivity contribution is 6.74. The third-order valence-corrected chi connectivity index (χ3v) is 8.01. The molecule has 0 N–H and O–H groups in total. The minimum atomic E-state index is -2.00. The van der Waals surface area contributed by atoms with Gasteiger partial charge in [0.15, 0.2) is 5.88 Å². The van der Waals surface area contributed by atoms with E-state index in [9.17, 15) is 4.79 Å². The van der Waals surface area contributed by atoms with Gasteiger partial charge in [0.25, 0.3) is 8.32 Å². The van der Waals surface area contributed by atoms with Crippen molar-refractivity contribution < 1.29 is 14.0 Å². The van der Waals surface area contributed by atoms with Crippen molar-refractivity contribution in [3.8, 4) is 5.88 Å². The standard InChI is InChI=1S/C16H29NO3Si/c1-12-10-13(20-21(8,9)16(5,6)7)17(11-12)14(18)19-15(2,3)4/h10-11H,1-9H3. The molecule has 0 amide bonds. The Hall–Kier alpha value is -1.23. The lowest BCUT2D eigenvalue weighted by atomic mass is 10.2. The Morgan fingerprint density at radius 1 is 1.14 bits per heavy atom. The number of carbonyl (C=O) groups excluding carboxylic acids is 1. The topological polar surface area (TPSA) is 40.5 Å². The molecule has 120 valence electrons. The second-order valence-corrected chi connectivity index (χ2v) is 12.8. The summed E-state index contributed by atoms with van der Waals surface area (Å²) in [6.45, 7) is 18.4. The molecule has 0 radical (unpaired) electrons. The van der Waals surface area contributed by atoms with Gasteiger partial charge < -0.3 is 9.16 Å².